The lowest BCUT2D eigenvalue weighted by molar-refractivity contribution is 0.235. The molecule has 2 amide bonds. The summed E-state index contributed by atoms with van der Waals surface area (Å²) >= 11 is 0. The van der Waals surface area contributed by atoms with Crippen molar-refractivity contribution in [3.8, 4) is 5.75 Å². The molecule has 4 heteroatoms. The van der Waals surface area contributed by atoms with Gasteiger partial charge in [-0.05, 0) is 18.4 Å². The molecule has 106 valence electrons. The normalized spacial score (nSPS) is 11.0. The summed E-state index contributed by atoms with van der Waals surface area (Å²) in [5.74, 6) is 0.793. The average Bonchev–Trinajstić information content (AvgIpc) is 2.33. The molecule has 1 aromatic carbocycles. The van der Waals surface area contributed by atoms with E-state index < -0.39 is 0 Å². The summed E-state index contributed by atoms with van der Waals surface area (Å²) in [4.78, 5) is 11.7. The summed E-state index contributed by atoms with van der Waals surface area (Å²) in [5.41, 5.74) is 2.21. The zero-order valence-corrected chi connectivity index (χ0v) is 12.5. The number of ether oxygens (including phenoxy) is 1. The van der Waals surface area contributed by atoms with Crippen LogP contribution in [0, 0.1) is 12.3 Å². The standard InChI is InChI=1S/C15H24N2O2/c1-11-6-7-13(19-5)12(8-11)9-16-14(18)17-10-15(2,3)4/h6-8H,9-10H2,1-5H3,(H2,16,17,18). The number of nitrogens with one attached hydrogen (secondary N) is 2. The molecule has 0 spiro atoms. The lowest BCUT2D eigenvalue weighted by Gasteiger charge is -2.19. The molecule has 0 aromatic heterocycles. The SMILES string of the molecule is COc1ccc(C)cc1CNC(=O)NCC(C)(C)C. The van der Waals surface area contributed by atoms with Crippen LogP contribution in [0.4, 0.5) is 4.79 Å². The molecule has 19 heavy (non-hydrogen) atoms. The van der Waals surface area contributed by atoms with Gasteiger partial charge < -0.3 is 15.4 Å². The number of urea groups is 1. The van der Waals surface area contributed by atoms with Gasteiger partial charge in [0.05, 0.1) is 7.11 Å². The van der Waals surface area contributed by atoms with Gasteiger partial charge in [-0.25, -0.2) is 4.79 Å². The van der Waals surface area contributed by atoms with Crippen LogP contribution in [0.3, 0.4) is 0 Å². The van der Waals surface area contributed by atoms with E-state index in [4.69, 9.17) is 4.74 Å². The molecule has 0 bridgehead atoms. The van der Waals surface area contributed by atoms with Gasteiger partial charge in [0.2, 0.25) is 0 Å². The Morgan fingerprint density at radius 1 is 1.26 bits per heavy atom. The number of hydrogen-bond acceptors (Lipinski definition) is 2. The summed E-state index contributed by atoms with van der Waals surface area (Å²) in [6.45, 7) is 9.36. The van der Waals surface area contributed by atoms with Gasteiger partial charge in [0.15, 0.2) is 0 Å². The zero-order valence-electron chi connectivity index (χ0n) is 12.5. The first-order valence-electron chi connectivity index (χ1n) is 6.47. The minimum atomic E-state index is -0.154. The molecule has 2 N–H and O–H groups in total. The Balaban J connectivity index is 2.52. The Kier molecular flexibility index (Phi) is 5.21. The molecule has 0 saturated heterocycles. The lowest BCUT2D eigenvalue weighted by Crippen LogP contribution is -2.39. The maximum atomic E-state index is 11.7. The maximum absolute atomic E-state index is 11.7. The van der Waals surface area contributed by atoms with Crippen LogP contribution >= 0.6 is 0 Å². The van der Waals surface area contributed by atoms with E-state index in [1.165, 1.54) is 0 Å². The molecule has 1 aromatic rings. The summed E-state index contributed by atoms with van der Waals surface area (Å²) in [5, 5.41) is 5.70. The van der Waals surface area contributed by atoms with Crippen LogP contribution in [-0.2, 0) is 6.54 Å². The molecule has 4 nitrogen and oxygen atoms in total. The van der Waals surface area contributed by atoms with Crippen molar-refractivity contribution in [3.63, 3.8) is 0 Å². The van der Waals surface area contributed by atoms with Gasteiger partial charge in [0.25, 0.3) is 0 Å². The number of methoxy groups -OCH3 is 1. The Bertz CT molecular complexity index is 436. The number of carbonyl (C=O) groups excluding carboxylic acids is 1. The van der Waals surface area contributed by atoms with E-state index >= 15 is 0 Å². The second-order valence-electron chi connectivity index (χ2n) is 5.91. The third-order valence-electron chi connectivity index (χ3n) is 2.65. The highest BCUT2D eigenvalue weighted by atomic mass is 16.5. The first-order valence-corrected chi connectivity index (χ1v) is 6.47. The molecule has 0 saturated carbocycles. The van der Waals surface area contributed by atoms with E-state index in [0.717, 1.165) is 16.9 Å². The highest BCUT2D eigenvalue weighted by molar-refractivity contribution is 5.73. The summed E-state index contributed by atoms with van der Waals surface area (Å²) in [6.07, 6.45) is 0. The van der Waals surface area contributed by atoms with Gasteiger partial charge in [-0.2, -0.15) is 0 Å². The van der Waals surface area contributed by atoms with Crippen LogP contribution in [0.15, 0.2) is 18.2 Å². The molecule has 0 aliphatic rings. The number of rotatable bonds is 4. The molecule has 0 aliphatic carbocycles. The molecule has 0 radical (unpaired) electrons. The van der Waals surface area contributed by atoms with E-state index in [-0.39, 0.29) is 11.4 Å². The van der Waals surface area contributed by atoms with Crippen molar-refractivity contribution in [3.05, 3.63) is 29.3 Å². The number of benzene rings is 1. The fourth-order valence-electron chi connectivity index (χ4n) is 1.63. The van der Waals surface area contributed by atoms with Crippen molar-refractivity contribution < 1.29 is 9.53 Å². The summed E-state index contributed by atoms with van der Waals surface area (Å²) in [7, 11) is 1.63. The van der Waals surface area contributed by atoms with Gasteiger partial charge in [0, 0.05) is 18.7 Å². The van der Waals surface area contributed by atoms with Crippen LogP contribution in [0.25, 0.3) is 0 Å². The van der Waals surface area contributed by atoms with Gasteiger partial charge in [-0.3, -0.25) is 0 Å². The van der Waals surface area contributed by atoms with Gasteiger partial charge >= 0.3 is 6.03 Å². The van der Waals surface area contributed by atoms with Gasteiger partial charge in [-0.1, -0.05) is 38.5 Å². The van der Waals surface area contributed by atoms with Crippen molar-refractivity contribution in [1.29, 1.82) is 0 Å². The Morgan fingerprint density at radius 2 is 1.95 bits per heavy atom. The van der Waals surface area contributed by atoms with Crippen LogP contribution < -0.4 is 15.4 Å². The van der Waals surface area contributed by atoms with Crippen LogP contribution in [0.5, 0.6) is 5.75 Å². The van der Waals surface area contributed by atoms with Crippen molar-refractivity contribution in [1.82, 2.24) is 10.6 Å². The number of hydrogen-bond donors (Lipinski definition) is 2. The molecule has 0 fully saturated rings. The first-order chi connectivity index (χ1) is 8.81. The Morgan fingerprint density at radius 3 is 2.53 bits per heavy atom. The molecule has 0 atom stereocenters. The number of amides is 2. The van der Waals surface area contributed by atoms with E-state index in [1.54, 1.807) is 7.11 Å². The molecular weight excluding hydrogens is 240 g/mol. The van der Waals surface area contributed by atoms with Crippen molar-refractivity contribution in [2.24, 2.45) is 5.41 Å². The van der Waals surface area contributed by atoms with E-state index in [0.29, 0.717) is 13.1 Å². The third kappa shape index (κ3) is 5.64. The molecular formula is C15H24N2O2. The molecule has 0 heterocycles. The molecule has 0 unspecified atom stereocenters. The maximum Gasteiger partial charge on any atom is 0.315 e. The third-order valence-corrected chi connectivity index (χ3v) is 2.65. The van der Waals surface area contributed by atoms with Crippen LogP contribution in [0.1, 0.15) is 31.9 Å². The Hall–Kier alpha value is -1.71. The van der Waals surface area contributed by atoms with Crippen molar-refractivity contribution >= 4 is 6.03 Å². The second kappa shape index (κ2) is 6.45. The van der Waals surface area contributed by atoms with Gasteiger partial charge in [-0.15, -0.1) is 0 Å². The minimum Gasteiger partial charge on any atom is -0.496 e. The largest absolute Gasteiger partial charge is 0.496 e. The quantitative estimate of drug-likeness (QED) is 0.878. The fraction of sp³-hybridized carbons (Fsp3) is 0.533. The highest BCUT2D eigenvalue weighted by Gasteiger charge is 2.12. The summed E-state index contributed by atoms with van der Waals surface area (Å²) < 4.78 is 5.28. The summed E-state index contributed by atoms with van der Waals surface area (Å²) in [6, 6.07) is 5.77. The number of carbonyl (C=O) groups is 1. The Labute approximate surface area is 115 Å². The van der Waals surface area contributed by atoms with Crippen LogP contribution in [-0.4, -0.2) is 19.7 Å². The fourth-order valence-corrected chi connectivity index (χ4v) is 1.63. The first kappa shape index (κ1) is 15.3. The predicted molar refractivity (Wildman–Crippen MR) is 77.4 cm³/mol. The van der Waals surface area contributed by atoms with E-state index in [1.807, 2.05) is 25.1 Å². The van der Waals surface area contributed by atoms with Crippen LogP contribution in [0.2, 0.25) is 0 Å². The highest BCUT2D eigenvalue weighted by Crippen LogP contribution is 2.19. The monoisotopic (exact) mass is 264 g/mol. The van der Waals surface area contributed by atoms with Gasteiger partial charge in [0.1, 0.15) is 5.75 Å². The average molecular weight is 264 g/mol. The topological polar surface area (TPSA) is 50.4 Å². The predicted octanol–water partition coefficient (Wildman–Crippen LogP) is 2.85. The minimum absolute atomic E-state index is 0.0817. The number of aryl methyl sites for hydroxylation is 1. The molecule has 1 rings (SSSR count). The van der Waals surface area contributed by atoms with E-state index in [2.05, 4.69) is 31.4 Å². The molecule has 0 aliphatic heterocycles. The second-order valence-corrected chi connectivity index (χ2v) is 5.91. The zero-order chi connectivity index (χ0) is 14.5. The van der Waals surface area contributed by atoms with Crippen molar-refractivity contribution in [2.45, 2.75) is 34.2 Å². The van der Waals surface area contributed by atoms with E-state index in [9.17, 15) is 4.79 Å². The lowest BCUT2D eigenvalue weighted by atomic mass is 9.97. The smallest absolute Gasteiger partial charge is 0.315 e. The van der Waals surface area contributed by atoms with Crippen molar-refractivity contribution in [2.75, 3.05) is 13.7 Å².